The van der Waals surface area contributed by atoms with E-state index in [1.54, 1.807) is 21.3 Å². The number of aliphatic hydroxyl groups is 1. The lowest BCUT2D eigenvalue weighted by atomic mass is 9.69. The predicted molar refractivity (Wildman–Crippen MR) is 119 cm³/mol. The van der Waals surface area contributed by atoms with Gasteiger partial charge in [-0.1, -0.05) is 33.3 Å². The number of aliphatic hydroxyl groups excluding tert-OH is 1. The van der Waals surface area contributed by atoms with E-state index in [1.165, 1.54) is 6.92 Å². The van der Waals surface area contributed by atoms with E-state index in [9.17, 15) is 9.90 Å². The van der Waals surface area contributed by atoms with Gasteiger partial charge in [-0.3, -0.25) is 4.79 Å². The summed E-state index contributed by atoms with van der Waals surface area (Å²) in [7, 11) is 4.88. The van der Waals surface area contributed by atoms with E-state index in [0.717, 1.165) is 34.3 Å². The SMILES string of the molecule is COc1c2c(c(OC)c(C(C)C)c1OC)[C@H](OC(C)=O)CC1=C(C2)[C@H](O)CCC1(C)C. The Balaban J connectivity index is 2.40. The van der Waals surface area contributed by atoms with Crippen molar-refractivity contribution in [3.63, 3.8) is 0 Å². The minimum atomic E-state index is -0.531. The summed E-state index contributed by atoms with van der Waals surface area (Å²) in [6.45, 7) is 9.96. The topological polar surface area (TPSA) is 74.2 Å². The zero-order chi connectivity index (χ0) is 23.1. The van der Waals surface area contributed by atoms with E-state index < -0.39 is 12.2 Å². The quantitative estimate of drug-likeness (QED) is 0.529. The number of hydrogen-bond donors (Lipinski definition) is 1. The van der Waals surface area contributed by atoms with Gasteiger partial charge in [-0.05, 0) is 29.7 Å². The number of benzene rings is 1. The van der Waals surface area contributed by atoms with Crippen LogP contribution in [-0.2, 0) is 16.0 Å². The molecule has 0 unspecified atom stereocenters. The molecule has 2 atom stereocenters. The number of hydrogen-bond acceptors (Lipinski definition) is 6. The van der Waals surface area contributed by atoms with Crippen LogP contribution in [0.1, 0.15) is 82.6 Å². The van der Waals surface area contributed by atoms with Crippen molar-refractivity contribution < 1.29 is 28.8 Å². The second-order valence-electron chi connectivity index (χ2n) is 9.48. The van der Waals surface area contributed by atoms with Gasteiger partial charge in [0.15, 0.2) is 11.5 Å². The Morgan fingerprint density at radius 3 is 2.19 bits per heavy atom. The summed E-state index contributed by atoms with van der Waals surface area (Å²) < 4.78 is 23.5. The minimum Gasteiger partial charge on any atom is -0.496 e. The van der Waals surface area contributed by atoms with Gasteiger partial charge in [-0.2, -0.15) is 0 Å². The molecule has 0 amide bonds. The lowest BCUT2D eigenvalue weighted by Gasteiger charge is -2.38. The maximum absolute atomic E-state index is 12.1. The van der Waals surface area contributed by atoms with Gasteiger partial charge in [-0.25, -0.2) is 0 Å². The van der Waals surface area contributed by atoms with Crippen LogP contribution in [0.5, 0.6) is 17.2 Å². The van der Waals surface area contributed by atoms with Crippen LogP contribution in [0.4, 0.5) is 0 Å². The molecule has 0 saturated carbocycles. The van der Waals surface area contributed by atoms with Crippen LogP contribution in [0.15, 0.2) is 11.1 Å². The molecule has 1 aromatic rings. The Morgan fingerprint density at radius 2 is 1.68 bits per heavy atom. The number of carbonyl (C=O) groups is 1. The molecular weight excluding hydrogens is 396 g/mol. The Kier molecular flexibility index (Phi) is 6.61. The van der Waals surface area contributed by atoms with Gasteiger partial charge in [0.2, 0.25) is 0 Å². The van der Waals surface area contributed by atoms with Gasteiger partial charge in [0, 0.05) is 36.5 Å². The molecule has 6 heteroatoms. The van der Waals surface area contributed by atoms with Crippen LogP contribution in [-0.4, -0.2) is 38.5 Å². The molecule has 6 nitrogen and oxygen atoms in total. The summed E-state index contributed by atoms with van der Waals surface area (Å²) >= 11 is 0. The third-order valence-corrected chi connectivity index (χ3v) is 6.77. The molecule has 0 fully saturated rings. The van der Waals surface area contributed by atoms with Crippen LogP contribution in [0, 0.1) is 5.41 Å². The van der Waals surface area contributed by atoms with Crippen LogP contribution in [0.3, 0.4) is 0 Å². The van der Waals surface area contributed by atoms with Crippen LogP contribution in [0.25, 0.3) is 0 Å². The summed E-state index contributed by atoms with van der Waals surface area (Å²) in [5, 5.41) is 10.9. The smallest absolute Gasteiger partial charge is 0.303 e. The molecule has 0 saturated heterocycles. The van der Waals surface area contributed by atoms with Crippen LogP contribution < -0.4 is 14.2 Å². The van der Waals surface area contributed by atoms with Crippen LogP contribution >= 0.6 is 0 Å². The Labute approximate surface area is 185 Å². The zero-order valence-corrected chi connectivity index (χ0v) is 20.0. The lowest BCUT2D eigenvalue weighted by Crippen LogP contribution is -2.30. The van der Waals surface area contributed by atoms with Gasteiger partial charge in [0.25, 0.3) is 0 Å². The highest BCUT2D eigenvalue weighted by atomic mass is 16.5. The first-order chi connectivity index (χ1) is 14.6. The van der Waals surface area contributed by atoms with E-state index >= 15 is 0 Å². The number of ether oxygens (including phenoxy) is 4. The molecule has 0 aliphatic heterocycles. The minimum absolute atomic E-state index is 0.0925. The van der Waals surface area contributed by atoms with E-state index in [-0.39, 0.29) is 17.3 Å². The summed E-state index contributed by atoms with van der Waals surface area (Å²) in [6, 6.07) is 0. The zero-order valence-electron chi connectivity index (χ0n) is 20.0. The van der Waals surface area contributed by atoms with Gasteiger partial charge in [-0.15, -0.1) is 0 Å². The fraction of sp³-hybridized carbons (Fsp3) is 0.640. The Bertz CT molecular complexity index is 896. The Hall–Kier alpha value is -2.21. The van der Waals surface area contributed by atoms with Crippen molar-refractivity contribution in [3.8, 4) is 17.2 Å². The average Bonchev–Trinajstić information content (AvgIpc) is 2.87. The second kappa shape index (κ2) is 8.73. The number of rotatable bonds is 5. The fourth-order valence-electron chi connectivity index (χ4n) is 5.31. The molecule has 0 aromatic heterocycles. The number of methoxy groups -OCH3 is 3. The first-order valence-electron chi connectivity index (χ1n) is 11.0. The van der Waals surface area contributed by atoms with Crippen molar-refractivity contribution in [2.45, 2.75) is 78.4 Å². The lowest BCUT2D eigenvalue weighted by molar-refractivity contribution is -0.146. The second-order valence-corrected chi connectivity index (χ2v) is 9.48. The number of carbonyl (C=O) groups excluding carboxylic acids is 1. The van der Waals surface area contributed by atoms with Crippen molar-refractivity contribution in [2.24, 2.45) is 5.41 Å². The van der Waals surface area contributed by atoms with Gasteiger partial charge < -0.3 is 24.1 Å². The summed E-state index contributed by atoms with van der Waals surface area (Å²) in [6.07, 6.45) is 1.55. The molecular formula is C25H36O6. The van der Waals surface area contributed by atoms with E-state index in [2.05, 4.69) is 27.7 Å². The van der Waals surface area contributed by atoms with Crippen molar-refractivity contribution >= 4 is 5.97 Å². The van der Waals surface area contributed by atoms with E-state index in [4.69, 9.17) is 18.9 Å². The molecule has 1 N–H and O–H groups in total. The molecule has 172 valence electrons. The monoisotopic (exact) mass is 432 g/mol. The highest BCUT2D eigenvalue weighted by Gasteiger charge is 2.42. The highest BCUT2D eigenvalue weighted by Crippen LogP contribution is 2.56. The first kappa shape index (κ1) is 23.5. The fourth-order valence-corrected chi connectivity index (χ4v) is 5.31. The summed E-state index contributed by atoms with van der Waals surface area (Å²) in [4.78, 5) is 12.1. The number of fused-ring (bicyclic) bond motifs is 1. The van der Waals surface area contributed by atoms with Gasteiger partial charge in [0.1, 0.15) is 11.9 Å². The normalized spacial score (nSPS) is 22.4. The molecule has 0 radical (unpaired) electrons. The third kappa shape index (κ3) is 4.02. The molecule has 1 aromatic carbocycles. The molecule has 2 aliphatic carbocycles. The molecule has 0 spiro atoms. The highest BCUT2D eigenvalue weighted by molar-refractivity contribution is 5.70. The molecule has 0 bridgehead atoms. The van der Waals surface area contributed by atoms with E-state index in [0.29, 0.717) is 36.5 Å². The molecule has 31 heavy (non-hydrogen) atoms. The van der Waals surface area contributed by atoms with Gasteiger partial charge >= 0.3 is 5.97 Å². The summed E-state index contributed by atoms with van der Waals surface area (Å²) in [5.41, 5.74) is 4.61. The predicted octanol–water partition coefficient (Wildman–Crippen LogP) is 4.86. The van der Waals surface area contributed by atoms with Crippen molar-refractivity contribution in [3.05, 3.63) is 27.8 Å². The average molecular weight is 433 g/mol. The van der Waals surface area contributed by atoms with Crippen LogP contribution in [0.2, 0.25) is 0 Å². The van der Waals surface area contributed by atoms with Crippen molar-refractivity contribution in [1.29, 1.82) is 0 Å². The number of esters is 1. The van der Waals surface area contributed by atoms with Crippen molar-refractivity contribution in [1.82, 2.24) is 0 Å². The Morgan fingerprint density at radius 1 is 1.06 bits per heavy atom. The molecule has 3 rings (SSSR count). The molecule has 0 heterocycles. The maximum atomic E-state index is 12.1. The summed E-state index contributed by atoms with van der Waals surface area (Å²) in [5.74, 6) is 1.65. The van der Waals surface area contributed by atoms with E-state index in [1.807, 2.05) is 0 Å². The van der Waals surface area contributed by atoms with Crippen molar-refractivity contribution in [2.75, 3.05) is 21.3 Å². The first-order valence-corrected chi connectivity index (χ1v) is 11.0. The molecule has 2 aliphatic rings. The van der Waals surface area contributed by atoms with Gasteiger partial charge in [0.05, 0.1) is 27.4 Å². The standard InChI is InChI=1S/C25H36O6/c1-13(2)20-23(29-7)21-16(22(28-6)24(20)30-8)11-15-17(12-19(21)31-14(3)26)25(4,5)10-9-18(15)27/h13,18-19,27H,9-12H2,1-8H3/t18-,19-/m1/s1. The maximum Gasteiger partial charge on any atom is 0.303 e. The third-order valence-electron chi connectivity index (χ3n) is 6.77. The largest absolute Gasteiger partial charge is 0.496 e.